The molecule has 0 unspecified atom stereocenters. The van der Waals surface area contributed by atoms with Crippen molar-refractivity contribution in [3.05, 3.63) is 57.5 Å². The summed E-state index contributed by atoms with van der Waals surface area (Å²) in [6.07, 6.45) is 4.66. The van der Waals surface area contributed by atoms with E-state index in [1.54, 1.807) is 28.1 Å². The van der Waals surface area contributed by atoms with Crippen LogP contribution in [0.3, 0.4) is 0 Å². The molecule has 0 saturated heterocycles. The lowest BCUT2D eigenvalue weighted by Gasteiger charge is -2.17. The third-order valence-corrected chi connectivity index (χ3v) is 7.28. The number of nitriles is 1. The molecule has 1 atom stereocenters. The number of rotatable bonds is 3. The molecule has 0 fully saturated rings. The molecule has 0 saturated carbocycles. The Morgan fingerprint density at radius 2 is 2.31 bits per heavy atom. The van der Waals surface area contributed by atoms with E-state index in [2.05, 4.69) is 28.4 Å². The Morgan fingerprint density at radius 1 is 1.41 bits per heavy atom. The van der Waals surface area contributed by atoms with Crippen molar-refractivity contribution in [3.8, 4) is 16.6 Å². The molecule has 4 heterocycles. The fourth-order valence-corrected chi connectivity index (χ4v) is 5.83. The van der Waals surface area contributed by atoms with Crippen LogP contribution >= 0.6 is 22.7 Å². The lowest BCUT2D eigenvalue weighted by Crippen LogP contribution is -2.13. The van der Waals surface area contributed by atoms with Gasteiger partial charge in [0.05, 0.1) is 16.1 Å². The van der Waals surface area contributed by atoms with Crippen molar-refractivity contribution in [2.75, 3.05) is 5.32 Å². The minimum atomic E-state index is -0.323. The molecule has 1 aliphatic rings. The fourth-order valence-electron chi connectivity index (χ4n) is 3.74. The second kappa shape index (κ2) is 7.10. The number of hydrogen-bond acceptors (Lipinski definition) is 6. The van der Waals surface area contributed by atoms with Crippen LogP contribution < -0.4 is 5.32 Å². The highest BCUT2D eigenvalue weighted by atomic mass is 32.1. The zero-order valence-corrected chi connectivity index (χ0v) is 17.3. The average Bonchev–Trinajstić information content (AvgIpc) is 3.45. The number of fused-ring (bicyclic) bond motifs is 2. The van der Waals surface area contributed by atoms with Gasteiger partial charge in [0.1, 0.15) is 11.1 Å². The van der Waals surface area contributed by atoms with Gasteiger partial charge in [-0.1, -0.05) is 13.0 Å². The number of aromatic nitrogens is 3. The predicted octanol–water partition coefficient (Wildman–Crippen LogP) is 4.77. The van der Waals surface area contributed by atoms with Crippen molar-refractivity contribution >= 4 is 39.2 Å². The van der Waals surface area contributed by atoms with E-state index in [0.29, 0.717) is 22.1 Å². The van der Waals surface area contributed by atoms with Crippen molar-refractivity contribution in [3.63, 3.8) is 0 Å². The number of amides is 1. The molecule has 0 radical (unpaired) electrons. The van der Waals surface area contributed by atoms with Gasteiger partial charge in [-0.2, -0.15) is 10.4 Å². The number of anilines is 1. The maximum Gasteiger partial charge on any atom is 0.276 e. The van der Waals surface area contributed by atoms with Crippen molar-refractivity contribution in [2.24, 2.45) is 5.92 Å². The average molecular weight is 420 g/mol. The first kappa shape index (κ1) is 18.0. The second-order valence-corrected chi connectivity index (χ2v) is 9.28. The molecule has 0 spiro atoms. The van der Waals surface area contributed by atoms with Crippen LogP contribution in [0.4, 0.5) is 5.00 Å². The molecule has 1 amide bonds. The van der Waals surface area contributed by atoms with E-state index in [0.717, 1.165) is 35.4 Å². The summed E-state index contributed by atoms with van der Waals surface area (Å²) in [4.78, 5) is 19.5. The molecule has 8 heteroatoms. The monoisotopic (exact) mass is 419 g/mol. The standard InChI is InChI=1S/C21H17N5OS2/c1-12-4-5-13-14(11-22)21(29-18(13)9-12)24-20(27)15-10-19-23-7-6-16(26(19)25-15)17-3-2-8-28-17/h2-3,6-8,10,12H,4-5,9H2,1H3,(H,24,27)/t12-/m0/s1. The topological polar surface area (TPSA) is 83.1 Å². The van der Waals surface area contributed by atoms with Gasteiger partial charge in [0.25, 0.3) is 5.91 Å². The number of nitrogens with zero attached hydrogens (tertiary/aromatic N) is 4. The van der Waals surface area contributed by atoms with Gasteiger partial charge in [-0.3, -0.25) is 4.79 Å². The summed E-state index contributed by atoms with van der Waals surface area (Å²) in [5, 5.41) is 19.7. The molecule has 1 N–H and O–H groups in total. The van der Waals surface area contributed by atoms with E-state index in [-0.39, 0.29) is 11.6 Å². The molecular weight excluding hydrogens is 402 g/mol. The molecule has 144 valence electrons. The van der Waals surface area contributed by atoms with Gasteiger partial charge in [0.15, 0.2) is 11.3 Å². The number of nitrogens with one attached hydrogen (secondary N) is 1. The van der Waals surface area contributed by atoms with Crippen molar-refractivity contribution in [1.82, 2.24) is 14.6 Å². The van der Waals surface area contributed by atoms with Gasteiger partial charge in [-0.05, 0) is 48.3 Å². The zero-order valence-electron chi connectivity index (χ0n) is 15.7. The fraction of sp³-hybridized carbons (Fsp3) is 0.238. The summed E-state index contributed by atoms with van der Waals surface area (Å²) in [5.74, 6) is 0.284. The highest BCUT2D eigenvalue weighted by Gasteiger charge is 2.25. The first-order chi connectivity index (χ1) is 14.1. The van der Waals surface area contributed by atoms with E-state index >= 15 is 0 Å². The van der Waals surface area contributed by atoms with Crippen molar-refractivity contribution < 1.29 is 4.79 Å². The Morgan fingerprint density at radius 3 is 3.10 bits per heavy atom. The Labute approximate surface area is 175 Å². The lowest BCUT2D eigenvalue weighted by atomic mass is 9.89. The molecule has 29 heavy (non-hydrogen) atoms. The van der Waals surface area contributed by atoms with Crippen molar-refractivity contribution in [1.29, 1.82) is 5.26 Å². The van der Waals surface area contributed by atoms with E-state index in [4.69, 9.17) is 0 Å². The van der Waals surface area contributed by atoms with E-state index in [1.165, 1.54) is 16.2 Å². The minimum Gasteiger partial charge on any atom is -0.311 e. The maximum absolute atomic E-state index is 12.9. The van der Waals surface area contributed by atoms with E-state index in [1.807, 2.05) is 23.6 Å². The lowest BCUT2D eigenvalue weighted by molar-refractivity contribution is 0.102. The van der Waals surface area contributed by atoms with Gasteiger partial charge in [0.2, 0.25) is 0 Å². The van der Waals surface area contributed by atoms with Gasteiger partial charge in [0, 0.05) is 17.1 Å². The van der Waals surface area contributed by atoms with Crippen LogP contribution in [-0.2, 0) is 12.8 Å². The number of carbonyl (C=O) groups excluding carboxylic acids is 1. The molecular formula is C21H17N5OS2. The largest absolute Gasteiger partial charge is 0.311 e. The Hall–Kier alpha value is -3.02. The van der Waals surface area contributed by atoms with Gasteiger partial charge in [-0.25, -0.2) is 9.50 Å². The van der Waals surface area contributed by atoms with Crippen LogP contribution in [0.5, 0.6) is 0 Å². The van der Waals surface area contributed by atoms with E-state index in [9.17, 15) is 10.1 Å². The Kier molecular flexibility index (Phi) is 4.42. The molecule has 5 rings (SSSR count). The third kappa shape index (κ3) is 3.12. The Bertz CT molecular complexity index is 1260. The number of thiophene rings is 2. The van der Waals surface area contributed by atoms with Gasteiger partial charge < -0.3 is 5.32 Å². The summed E-state index contributed by atoms with van der Waals surface area (Å²) < 4.78 is 1.69. The molecule has 0 aromatic carbocycles. The van der Waals surface area contributed by atoms with Crippen molar-refractivity contribution in [2.45, 2.75) is 26.2 Å². The Balaban J connectivity index is 1.49. The maximum atomic E-state index is 12.9. The van der Waals surface area contributed by atoms with Crippen LogP contribution in [0.25, 0.3) is 16.2 Å². The molecule has 0 aliphatic heterocycles. The zero-order chi connectivity index (χ0) is 20.0. The van der Waals surface area contributed by atoms with Crippen LogP contribution in [0.15, 0.2) is 35.8 Å². The van der Waals surface area contributed by atoms with Crippen LogP contribution in [-0.4, -0.2) is 20.5 Å². The van der Waals surface area contributed by atoms with Gasteiger partial charge >= 0.3 is 0 Å². The van der Waals surface area contributed by atoms with Gasteiger partial charge in [-0.15, -0.1) is 22.7 Å². The summed E-state index contributed by atoms with van der Waals surface area (Å²) in [7, 11) is 0. The summed E-state index contributed by atoms with van der Waals surface area (Å²) in [5.41, 5.74) is 3.49. The summed E-state index contributed by atoms with van der Waals surface area (Å²) in [6.45, 7) is 2.22. The van der Waals surface area contributed by atoms with Crippen LogP contribution in [0, 0.1) is 17.2 Å². The third-order valence-electron chi connectivity index (χ3n) is 5.21. The molecule has 0 bridgehead atoms. The number of hydrogen-bond donors (Lipinski definition) is 1. The van der Waals surface area contributed by atoms with Crippen LogP contribution in [0.2, 0.25) is 0 Å². The number of carbonyl (C=O) groups is 1. The minimum absolute atomic E-state index is 0.283. The normalized spacial score (nSPS) is 15.8. The van der Waals surface area contributed by atoms with E-state index < -0.39 is 0 Å². The predicted molar refractivity (Wildman–Crippen MR) is 114 cm³/mol. The highest BCUT2D eigenvalue weighted by molar-refractivity contribution is 7.16. The van der Waals surface area contributed by atoms with Crippen LogP contribution in [0.1, 0.15) is 39.8 Å². The first-order valence-electron chi connectivity index (χ1n) is 9.38. The molecule has 4 aromatic rings. The SMILES string of the molecule is C[C@H]1CCc2c(sc(NC(=O)c3cc4nccc(-c5cccs5)n4n3)c2C#N)C1. The second-order valence-electron chi connectivity index (χ2n) is 7.23. The molecule has 1 aliphatic carbocycles. The first-order valence-corrected chi connectivity index (χ1v) is 11.1. The summed E-state index contributed by atoms with van der Waals surface area (Å²) in [6, 6.07) is 9.84. The molecule has 4 aromatic heterocycles. The summed E-state index contributed by atoms with van der Waals surface area (Å²) >= 11 is 3.13. The quantitative estimate of drug-likeness (QED) is 0.519. The molecule has 6 nitrogen and oxygen atoms in total. The highest BCUT2D eigenvalue weighted by Crippen LogP contribution is 2.39. The smallest absolute Gasteiger partial charge is 0.276 e.